The third-order valence-corrected chi connectivity index (χ3v) is 6.86. The molecule has 0 heterocycles. The van der Waals surface area contributed by atoms with Crippen LogP contribution in [-0.4, -0.2) is 11.7 Å². The molecule has 0 atom stereocenters. The Labute approximate surface area is 193 Å². The zero-order valence-corrected chi connectivity index (χ0v) is 19.3. The fourth-order valence-electron chi connectivity index (χ4n) is 3.83. The van der Waals surface area contributed by atoms with E-state index in [9.17, 15) is 4.79 Å². The molecule has 3 nitrogen and oxygen atoms in total. The maximum Gasteiger partial charge on any atom is 0.228 e. The molecule has 1 aliphatic carbocycles. The van der Waals surface area contributed by atoms with E-state index < -0.39 is 0 Å². The van der Waals surface area contributed by atoms with E-state index in [-0.39, 0.29) is 11.5 Å². The van der Waals surface area contributed by atoms with Gasteiger partial charge in [0, 0.05) is 22.5 Å². The summed E-state index contributed by atoms with van der Waals surface area (Å²) in [6.07, 6.45) is 3.49. The second-order valence-corrected chi connectivity index (χ2v) is 9.75. The summed E-state index contributed by atoms with van der Waals surface area (Å²) >= 11 is 7.35. The molecule has 0 saturated heterocycles. The van der Waals surface area contributed by atoms with Crippen molar-refractivity contribution in [2.75, 3.05) is 11.1 Å². The molecule has 4 rings (SSSR count). The molecule has 1 aliphatic rings. The summed E-state index contributed by atoms with van der Waals surface area (Å²) in [5.74, 6) is 1.88. The van der Waals surface area contributed by atoms with Crippen molar-refractivity contribution in [2.24, 2.45) is 0 Å². The van der Waals surface area contributed by atoms with Crippen LogP contribution >= 0.6 is 11.6 Å². The number of ether oxygens (including phenoxy) is 1. The zero-order valence-electron chi connectivity index (χ0n) is 17.6. The number of hydrogen-bond acceptors (Lipinski definition) is 2. The number of halogens is 1. The van der Waals surface area contributed by atoms with Crippen molar-refractivity contribution in [3.63, 3.8) is 0 Å². The monoisotopic (exact) mass is 452 g/mol. The zero-order chi connectivity index (χ0) is 21.7. The summed E-state index contributed by atoms with van der Waals surface area (Å²) in [7, 11) is 0. The van der Waals surface area contributed by atoms with Crippen LogP contribution in [0.5, 0.6) is 5.75 Å². The molecule has 1 saturated carbocycles. The van der Waals surface area contributed by atoms with Gasteiger partial charge in [-0.1, -0.05) is 35.9 Å². The molecule has 1 N–H and O–H groups in total. The second kappa shape index (κ2) is 9.80. The van der Waals surface area contributed by atoms with Gasteiger partial charge in [0.2, 0.25) is 5.91 Å². The molecule has 3 aromatic rings. The molecule has 0 radical (unpaired) electrons. The Hall–Kier alpha value is -2.43. The number of rotatable bonds is 8. The first kappa shape index (κ1) is 21.8. The lowest BCUT2D eigenvalue weighted by Gasteiger charge is -2.42. The Balaban J connectivity index is 1.35. The van der Waals surface area contributed by atoms with Crippen LogP contribution in [0.25, 0.3) is 0 Å². The maximum atomic E-state index is 12.4. The summed E-state index contributed by atoms with van der Waals surface area (Å²) in [6.45, 7) is 2.16. The highest BCUT2D eigenvalue weighted by molar-refractivity contribution is 7.78. The number of carbonyl (C=O) groups excluding carboxylic acids is 1. The van der Waals surface area contributed by atoms with Crippen LogP contribution in [-0.2, 0) is 28.6 Å². The largest absolute Gasteiger partial charge is 0.483 e. The molecule has 0 bridgehead atoms. The molecule has 31 heavy (non-hydrogen) atoms. The third kappa shape index (κ3) is 5.44. The summed E-state index contributed by atoms with van der Waals surface area (Å²) < 4.78 is 6.39. The fraction of sp³-hybridized carbons (Fsp3) is 0.269. The predicted molar refractivity (Wildman–Crippen MR) is 130 cm³/mol. The SMILES string of the molecule is CC[SH+]c1ccc(CC(=O)Nc2ccc(OC3(c4ccc(Cl)cc4)CCC3)cc2)cc1. The number of hydrogen-bond donors (Lipinski definition) is 1. The molecule has 0 aliphatic heterocycles. The van der Waals surface area contributed by atoms with Crippen molar-refractivity contribution < 1.29 is 9.53 Å². The van der Waals surface area contributed by atoms with Crippen molar-refractivity contribution >= 4 is 35.0 Å². The minimum Gasteiger partial charge on any atom is -0.483 e. The van der Waals surface area contributed by atoms with Crippen LogP contribution in [0, 0.1) is 0 Å². The van der Waals surface area contributed by atoms with Gasteiger partial charge in [-0.25, -0.2) is 0 Å². The Morgan fingerprint density at radius 3 is 2.26 bits per heavy atom. The summed E-state index contributed by atoms with van der Waals surface area (Å²) in [5.41, 5.74) is 2.67. The minimum absolute atomic E-state index is 0.0221. The summed E-state index contributed by atoms with van der Waals surface area (Å²) in [4.78, 5) is 13.7. The van der Waals surface area contributed by atoms with E-state index in [2.05, 4.69) is 24.4 Å². The number of thiol groups is 1. The van der Waals surface area contributed by atoms with Gasteiger partial charge in [0.05, 0.1) is 6.42 Å². The standard InChI is InChI=1S/C26H26ClNO2S/c1-2-31-24-14-4-19(5-15-24)18-25(29)28-22-10-12-23(13-11-22)30-26(16-3-17-26)20-6-8-21(27)9-7-20/h4-15H,2-3,16-18H2,1H3,(H,28,29)/p+1. The van der Waals surface area contributed by atoms with Crippen LogP contribution in [0.1, 0.15) is 37.3 Å². The predicted octanol–water partition coefficient (Wildman–Crippen LogP) is 6.17. The van der Waals surface area contributed by atoms with Crippen LogP contribution in [0.4, 0.5) is 5.69 Å². The molecule has 5 heteroatoms. The number of amides is 1. The molecular weight excluding hydrogens is 426 g/mol. The van der Waals surface area contributed by atoms with Gasteiger partial charge in [0.25, 0.3) is 0 Å². The highest BCUT2D eigenvalue weighted by Crippen LogP contribution is 2.45. The van der Waals surface area contributed by atoms with Gasteiger partial charge >= 0.3 is 0 Å². The summed E-state index contributed by atoms with van der Waals surface area (Å²) in [6, 6.07) is 23.8. The first-order valence-corrected chi connectivity index (χ1v) is 12.1. The highest BCUT2D eigenvalue weighted by atomic mass is 35.5. The third-order valence-electron chi connectivity index (χ3n) is 5.62. The normalized spacial score (nSPS) is 14.5. The van der Waals surface area contributed by atoms with Gasteiger partial charge < -0.3 is 10.1 Å². The molecule has 1 fully saturated rings. The van der Waals surface area contributed by atoms with Gasteiger partial charge in [-0.05, 0) is 85.8 Å². The van der Waals surface area contributed by atoms with E-state index in [4.69, 9.17) is 16.3 Å². The second-order valence-electron chi connectivity index (χ2n) is 7.85. The first-order valence-electron chi connectivity index (χ1n) is 10.7. The lowest BCUT2D eigenvalue weighted by molar-refractivity contribution is -0.115. The first-order chi connectivity index (χ1) is 15.1. The fourth-order valence-corrected chi connectivity index (χ4v) is 4.68. The average Bonchev–Trinajstić information content (AvgIpc) is 2.74. The quantitative estimate of drug-likeness (QED) is 0.327. The number of benzene rings is 3. The smallest absolute Gasteiger partial charge is 0.228 e. The number of carbonyl (C=O) groups is 1. The van der Waals surface area contributed by atoms with E-state index in [1.165, 1.54) is 16.7 Å². The Morgan fingerprint density at radius 1 is 1.00 bits per heavy atom. The van der Waals surface area contributed by atoms with E-state index in [1.807, 2.05) is 60.7 Å². The van der Waals surface area contributed by atoms with Crippen molar-refractivity contribution in [2.45, 2.75) is 43.1 Å². The summed E-state index contributed by atoms with van der Waals surface area (Å²) in [5, 5.41) is 3.71. The molecule has 3 aromatic carbocycles. The maximum absolute atomic E-state index is 12.4. The highest BCUT2D eigenvalue weighted by Gasteiger charge is 2.41. The number of anilines is 1. The van der Waals surface area contributed by atoms with Crippen molar-refractivity contribution in [3.8, 4) is 5.75 Å². The Morgan fingerprint density at radius 2 is 1.68 bits per heavy atom. The van der Waals surface area contributed by atoms with Gasteiger partial charge in [0.15, 0.2) is 4.90 Å². The molecular formula is C26H27ClNO2S+. The van der Waals surface area contributed by atoms with Crippen molar-refractivity contribution in [1.29, 1.82) is 0 Å². The Kier molecular flexibility index (Phi) is 6.89. The molecule has 0 unspecified atom stereocenters. The van der Waals surface area contributed by atoms with Gasteiger partial charge in [-0.2, -0.15) is 0 Å². The molecule has 0 aromatic heterocycles. The minimum atomic E-state index is -0.279. The van der Waals surface area contributed by atoms with E-state index in [0.717, 1.165) is 52.6 Å². The van der Waals surface area contributed by atoms with Crippen LogP contribution in [0.15, 0.2) is 77.7 Å². The topological polar surface area (TPSA) is 38.3 Å². The molecule has 160 valence electrons. The van der Waals surface area contributed by atoms with Crippen LogP contribution in [0.3, 0.4) is 0 Å². The molecule has 0 spiro atoms. The average molecular weight is 453 g/mol. The van der Waals surface area contributed by atoms with E-state index in [0.29, 0.717) is 6.42 Å². The van der Waals surface area contributed by atoms with Gasteiger partial charge in [0.1, 0.15) is 17.1 Å². The number of nitrogens with one attached hydrogen (secondary N) is 1. The van der Waals surface area contributed by atoms with E-state index >= 15 is 0 Å². The van der Waals surface area contributed by atoms with Crippen LogP contribution in [0.2, 0.25) is 5.02 Å². The van der Waals surface area contributed by atoms with Crippen molar-refractivity contribution in [1.82, 2.24) is 0 Å². The molecule has 1 amide bonds. The van der Waals surface area contributed by atoms with Gasteiger partial charge in [-0.15, -0.1) is 0 Å². The lowest BCUT2D eigenvalue weighted by Crippen LogP contribution is -2.40. The lowest BCUT2D eigenvalue weighted by atomic mass is 9.75. The van der Waals surface area contributed by atoms with E-state index in [1.54, 1.807) is 0 Å². The van der Waals surface area contributed by atoms with Crippen LogP contribution < -0.4 is 10.1 Å². The van der Waals surface area contributed by atoms with Crippen molar-refractivity contribution in [3.05, 3.63) is 88.9 Å². The Bertz CT molecular complexity index is 1010. The van der Waals surface area contributed by atoms with Gasteiger partial charge in [-0.3, -0.25) is 4.79 Å².